The predicted molar refractivity (Wildman–Crippen MR) is 49.9 cm³/mol. The zero-order valence-corrected chi connectivity index (χ0v) is 8.16. The van der Waals surface area contributed by atoms with Gasteiger partial charge in [0.2, 0.25) is 0 Å². The van der Waals surface area contributed by atoms with Crippen LogP contribution in [0.3, 0.4) is 0 Å². The predicted octanol–water partition coefficient (Wildman–Crippen LogP) is 1.28. The van der Waals surface area contributed by atoms with E-state index >= 15 is 0 Å². The number of alkyl halides is 1. The number of carbonyl (C=O) groups is 1. The number of carboxylic acid groups (broad SMARTS) is 1. The maximum atomic E-state index is 13.4. The minimum atomic E-state index is -0.735. The Morgan fingerprint density at radius 2 is 2.14 bits per heavy atom. The monoisotopic (exact) mass is 201 g/mol. The number of halogens is 1. The van der Waals surface area contributed by atoms with E-state index in [9.17, 15) is 9.18 Å². The molecule has 3 nitrogen and oxygen atoms in total. The molecule has 4 heteroatoms. The summed E-state index contributed by atoms with van der Waals surface area (Å²) in [5.74, 6) is -1.01. The van der Waals surface area contributed by atoms with Gasteiger partial charge in [0, 0.05) is 12.6 Å². The summed E-state index contributed by atoms with van der Waals surface area (Å²) >= 11 is 0. The summed E-state index contributed by atoms with van der Waals surface area (Å²) in [6, 6.07) is -0.000602. The number of carboxylic acids is 1. The number of rotatable bonds is 2. The SMILES string of the molecule is O=C(O)C1CCN([C@@H]2CCC[C@H]2F)C1. The minimum Gasteiger partial charge on any atom is -0.481 e. The molecule has 1 saturated carbocycles. The quantitative estimate of drug-likeness (QED) is 0.731. The van der Waals surface area contributed by atoms with Gasteiger partial charge in [-0.05, 0) is 32.2 Å². The number of aliphatic carboxylic acids is 1. The van der Waals surface area contributed by atoms with Gasteiger partial charge in [-0.15, -0.1) is 0 Å². The van der Waals surface area contributed by atoms with Crippen molar-refractivity contribution < 1.29 is 14.3 Å². The normalized spacial score (nSPS) is 39.1. The highest BCUT2D eigenvalue weighted by molar-refractivity contribution is 5.70. The molecule has 0 spiro atoms. The van der Waals surface area contributed by atoms with Gasteiger partial charge in [-0.1, -0.05) is 0 Å². The first-order valence-electron chi connectivity index (χ1n) is 5.29. The maximum Gasteiger partial charge on any atom is 0.307 e. The Kier molecular flexibility index (Phi) is 2.72. The Balaban J connectivity index is 1.91. The molecule has 0 radical (unpaired) electrons. The molecule has 80 valence electrons. The second kappa shape index (κ2) is 3.85. The average molecular weight is 201 g/mol. The van der Waals surface area contributed by atoms with Gasteiger partial charge in [0.05, 0.1) is 5.92 Å². The Bertz CT molecular complexity index is 234. The van der Waals surface area contributed by atoms with E-state index in [1.54, 1.807) is 0 Å². The Morgan fingerprint density at radius 1 is 1.36 bits per heavy atom. The van der Waals surface area contributed by atoms with E-state index in [0.717, 1.165) is 19.4 Å². The highest BCUT2D eigenvalue weighted by atomic mass is 19.1. The first-order valence-corrected chi connectivity index (χ1v) is 5.29. The van der Waals surface area contributed by atoms with Crippen LogP contribution < -0.4 is 0 Å². The molecule has 1 N–H and O–H groups in total. The third-order valence-corrected chi connectivity index (χ3v) is 3.44. The summed E-state index contributed by atoms with van der Waals surface area (Å²) < 4.78 is 13.4. The summed E-state index contributed by atoms with van der Waals surface area (Å²) in [6.07, 6.45) is 2.44. The second-order valence-electron chi connectivity index (χ2n) is 4.33. The van der Waals surface area contributed by atoms with Crippen molar-refractivity contribution >= 4 is 5.97 Å². The summed E-state index contributed by atoms with van der Waals surface area (Å²) in [4.78, 5) is 12.7. The summed E-state index contributed by atoms with van der Waals surface area (Å²) in [7, 11) is 0. The van der Waals surface area contributed by atoms with E-state index in [4.69, 9.17) is 5.11 Å². The molecule has 1 unspecified atom stereocenters. The van der Waals surface area contributed by atoms with Crippen molar-refractivity contribution in [2.75, 3.05) is 13.1 Å². The minimum absolute atomic E-state index is 0.000602. The van der Waals surface area contributed by atoms with Crippen LogP contribution in [0, 0.1) is 5.92 Å². The van der Waals surface area contributed by atoms with E-state index in [-0.39, 0.29) is 12.0 Å². The van der Waals surface area contributed by atoms with Crippen LogP contribution in [-0.2, 0) is 4.79 Å². The van der Waals surface area contributed by atoms with Crippen molar-refractivity contribution in [2.45, 2.75) is 37.9 Å². The largest absolute Gasteiger partial charge is 0.481 e. The molecule has 0 bridgehead atoms. The van der Waals surface area contributed by atoms with Gasteiger partial charge in [0.15, 0.2) is 0 Å². The summed E-state index contributed by atoms with van der Waals surface area (Å²) in [5.41, 5.74) is 0. The van der Waals surface area contributed by atoms with Crippen molar-refractivity contribution in [3.63, 3.8) is 0 Å². The molecule has 2 rings (SSSR count). The zero-order valence-electron chi connectivity index (χ0n) is 8.16. The standard InChI is InChI=1S/C10H16FNO2/c11-8-2-1-3-9(8)12-5-4-7(6-12)10(13)14/h7-9H,1-6H2,(H,13,14)/t7?,8-,9-/m1/s1. The molecular formula is C10H16FNO2. The second-order valence-corrected chi connectivity index (χ2v) is 4.33. The van der Waals surface area contributed by atoms with Crippen molar-refractivity contribution in [3.05, 3.63) is 0 Å². The lowest BCUT2D eigenvalue weighted by molar-refractivity contribution is -0.141. The van der Waals surface area contributed by atoms with Gasteiger partial charge in [0.1, 0.15) is 6.17 Å². The Labute approximate surface area is 82.9 Å². The molecular weight excluding hydrogens is 185 g/mol. The number of nitrogens with zero attached hydrogens (tertiary/aromatic N) is 1. The highest BCUT2D eigenvalue weighted by Crippen LogP contribution is 2.30. The van der Waals surface area contributed by atoms with Gasteiger partial charge >= 0.3 is 5.97 Å². The third kappa shape index (κ3) is 1.75. The molecule has 2 aliphatic rings. The lowest BCUT2D eigenvalue weighted by Crippen LogP contribution is -2.37. The molecule has 1 aliphatic carbocycles. The molecule has 1 heterocycles. The molecule has 1 aliphatic heterocycles. The van der Waals surface area contributed by atoms with Crippen LogP contribution in [0.4, 0.5) is 4.39 Å². The van der Waals surface area contributed by atoms with Crippen molar-refractivity contribution in [1.82, 2.24) is 4.90 Å². The van der Waals surface area contributed by atoms with Crippen LogP contribution in [0.15, 0.2) is 0 Å². The van der Waals surface area contributed by atoms with E-state index in [1.807, 2.05) is 4.90 Å². The number of likely N-dealkylation sites (tertiary alicyclic amines) is 1. The molecule has 3 atom stereocenters. The molecule has 2 fully saturated rings. The first-order chi connectivity index (χ1) is 6.68. The lowest BCUT2D eigenvalue weighted by atomic mass is 10.1. The fourth-order valence-electron chi connectivity index (χ4n) is 2.60. The zero-order chi connectivity index (χ0) is 10.1. The van der Waals surface area contributed by atoms with Crippen molar-refractivity contribution in [2.24, 2.45) is 5.92 Å². The van der Waals surface area contributed by atoms with Crippen LogP contribution in [0.5, 0.6) is 0 Å². The molecule has 0 aromatic heterocycles. The molecule has 14 heavy (non-hydrogen) atoms. The summed E-state index contributed by atoms with van der Waals surface area (Å²) in [6.45, 7) is 1.29. The molecule has 1 saturated heterocycles. The smallest absolute Gasteiger partial charge is 0.307 e. The lowest BCUT2D eigenvalue weighted by Gasteiger charge is -2.25. The van der Waals surface area contributed by atoms with Crippen molar-refractivity contribution in [1.29, 1.82) is 0 Å². The van der Waals surface area contributed by atoms with Gasteiger partial charge in [-0.25, -0.2) is 4.39 Å². The van der Waals surface area contributed by atoms with Crippen LogP contribution >= 0.6 is 0 Å². The fraction of sp³-hybridized carbons (Fsp3) is 0.900. The molecule has 0 amide bonds. The first kappa shape index (κ1) is 9.90. The van der Waals surface area contributed by atoms with Gasteiger partial charge in [0.25, 0.3) is 0 Å². The van der Waals surface area contributed by atoms with E-state index in [2.05, 4.69) is 0 Å². The Morgan fingerprint density at radius 3 is 2.64 bits per heavy atom. The van der Waals surface area contributed by atoms with Gasteiger partial charge < -0.3 is 5.11 Å². The van der Waals surface area contributed by atoms with Crippen LogP contribution in [0.2, 0.25) is 0 Å². The van der Waals surface area contributed by atoms with E-state index < -0.39 is 12.1 Å². The van der Waals surface area contributed by atoms with Crippen LogP contribution in [0.25, 0.3) is 0 Å². The summed E-state index contributed by atoms with van der Waals surface area (Å²) in [5, 5.41) is 8.82. The van der Waals surface area contributed by atoms with E-state index in [1.165, 1.54) is 0 Å². The van der Waals surface area contributed by atoms with Gasteiger partial charge in [-0.2, -0.15) is 0 Å². The van der Waals surface area contributed by atoms with Crippen molar-refractivity contribution in [3.8, 4) is 0 Å². The van der Waals surface area contributed by atoms with E-state index in [0.29, 0.717) is 19.4 Å². The number of hydrogen-bond acceptors (Lipinski definition) is 2. The molecule has 0 aromatic rings. The Hall–Kier alpha value is -0.640. The maximum absolute atomic E-state index is 13.4. The average Bonchev–Trinajstić information content (AvgIpc) is 2.71. The van der Waals surface area contributed by atoms with Crippen LogP contribution in [0.1, 0.15) is 25.7 Å². The topological polar surface area (TPSA) is 40.5 Å². The fourth-order valence-corrected chi connectivity index (χ4v) is 2.60. The molecule has 0 aromatic carbocycles. The highest BCUT2D eigenvalue weighted by Gasteiger charge is 2.37. The third-order valence-electron chi connectivity index (χ3n) is 3.44. The van der Waals surface area contributed by atoms with Gasteiger partial charge in [-0.3, -0.25) is 9.69 Å². The van der Waals surface area contributed by atoms with Crippen LogP contribution in [-0.4, -0.2) is 41.3 Å². The number of hydrogen-bond donors (Lipinski definition) is 1.